The first-order chi connectivity index (χ1) is 13.6. The monoisotopic (exact) mass is 395 g/mol. The second-order valence-corrected chi connectivity index (χ2v) is 7.46. The molecule has 1 amide bonds. The molecule has 2 N–H and O–H groups in total. The average Bonchev–Trinajstić information content (AvgIpc) is 3.26. The predicted octanol–water partition coefficient (Wildman–Crippen LogP) is 3.95. The Hall–Kier alpha value is -2.63. The van der Waals surface area contributed by atoms with Crippen molar-refractivity contribution in [2.24, 2.45) is 0 Å². The Labute approximate surface area is 169 Å². The number of aromatic nitrogens is 1. The minimum absolute atomic E-state index is 0.118. The molecule has 2 aromatic carbocycles. The number of benzene rings is 2. The Balaban J connectivity index is 1.57. The quantitative estimate of drug-likeness (QED) is 0.686. The van der Waals surface area contributed by atoms with Crippen molar-refractivity contribution in [2.45, 2.75) is 18.9 Å². The highest BCUT2D eigenvalue weighted by Gasteiger charge is 2.22. The van der Waals surface area contributed by atoms with Gasteiger partial charge >= 0.3 is 0 Å². The first-order valence-corrected chi connectivity index (χ1v) is 9.86. The number of nitrogens with zero attached hydrogens (tertiary/aromatic N) is 2. The summed E-state index contributed by atoms with van der Waals surface area (Å²) in [6, 6.07) is 16.6. The fourth-order valence-corrected chi connectivity index (χ4v) is 3.66. The second-order valence-electron chi connectivity index (χ2n) is 7.02. The number of pyridine rings is 1. The van der Waals surface area contributed by atoms with Crippen molar-refractivity contribution in [3.05, 3.63) is 70.7 Å². The average molecular weight is 396 g/mol. The van der Waals surface area contributed by atoms with Crippen LogP contribution in [0.5, 0.6) is 0 Å². The molecule has 144 valence electrons. The van der Waals surface area contributed by atoms with Crippen LogP contribution < -0.4 is 10.2 Å². The Morgan fingerprint density at radius 3 is 2.61 bits per heavy atom. The molecule has 1 aliphatic rings. The molecule has 1 fully saturated rings. The maximum atomic E-state index is 12.9. The molecule has 2 heterocycles. The molecule has 1 saturated heterocycles. The molecule has 0 saturated carbocycles. The van der Waals surface area contributed by atoms with Crippen LogP contribution >= 0.6 is 11.6 Å². The van der Waals surface area contributed by atoms with E-state index < -0.39 is 6.10 Å². The van der Waals surface area contributed by atoms with Gasteiger partial charge in [0, 0.05) is 30.0 Å². The fourth-order valence-electron chi connectivity index (χ4n) is 3.53. The van der Waals surface area contributed by atoms with Crippen LogP contribution in [0.25, 0.3) is 10.9 Å². The van der Waals surface area contributed by atoms with Gasteiger partial charge in [-0.15, -0.1) is 0 Å². The summed E-state index contributed by atoms with van der Waals surface area (Å²) in [6.07, 6.45) is 1.40. The van der Waals surface area contributed by atoms with Crippen LogP contribution in [0.4, 0.5) is 5.82 Å². The summed E-state index contributed by atoms with van der Waals surface area (Å²) in [5.74, 6) is 0.489. The lowest BCUT2D eigenvalue weighted by atomic mass is 10.1. The number of carbonyl (C=O) groups excluding carboxylic acids is 1. The van der Waals surface area contributed by atoms with Gasteiger partial charge in [-0.1, -0.05) is 41.9 Å². The number of halogens is 1. The molecule has 1 aromatic heterocycles. The third-order valence-corrected chi connectivity index (χ3v) is 5.32. The topological polar surface area (TPSA) is 65.5 Å². The van der Waals surface area contributed by atoms with Crippen LogP contribution in [0.2, 0.25) is 5.02 Å². The van der Waals surface area contributed by atoms with Crippen molar-refractivity contribution in [1.29, 1.82) is 0 Å². The number of rotatable bonds is 5. The molecule has 3 aromatic rings. The van der Waals surface area contributed by atoms with Gasteiger partial charge in [-0.2, -0.15) is 0 Å². The number of para-hydroxylation sites is 1. The van der Waals surface area contributed by atoms with Gasteiger partial charge in [0.2, 0.25) is 0 Å². The minimum Gasteiger partial charge on any atom is -0.387 e. The van der Waals surface area contributed by atoms with E-state index in [0.29, 0.717) is 16.1 Å². The smallest absolute Gasteiger partial charge is 0.255 e. The van der Waals surface area contributed by atoms with E-state index in [1.165, 1.54) is 0 Å². The number of fused-ring (bicyclic) bond motifs is 1. The zero-order valence-electron chi connectivity index (χ0n) is 15.4. The van der Waals surface area contributed by atoms with Crippen molar-refractivity contribution >= 4 is 34.2 Å². The van der Waals surface area contributed by atoms with E-state index in [1.54, 1.807) is 24.3 Å². The van der Waals surface area contributed by atoms with E-state index in [1.807, 2.05) is 30.3 Å². The third kappa shape index (κ3) is 3.96. The van der Waals surface area contributed by atoms with Crippen molar-refractivity contribution in [2.75, 3.05) is 24.5 Å². The van der Waals surface area contributed by atoms with Crippen molar-refractivity contribution in [3.8, 4) is 0 Å². The molecular weight excluding hydrogens is 374 g/mol. The summed E-state index contributed by atoms with van der Waals surface area (Å²) >= 11 is 5.89. The van der Waals surface area contributed by atoms with Crippen molar-refractivity contribution in [3.63, 3.8) is 0 Å². The molecule has 0 bridgehead atoms. The maximum Gasteiger partial charge on any atom is 0.255 e. The Morgan fingerprint density at radius 1 is 1.14 bits per heavy atom. The Kier molecular flexibility index (Phi) is 5.46. The van der Waals surface area contributed by atoms with E-state index in [0.717, 1.165) is 42.7 Å². The minimum atomic E-state index is -0.801. The molecule has 1 unspecified atom stereocenters. The lowest BCUT2D eigenvalue weighted by Gasteiger charge is -2.21. The van der Waals surface area contributed by atoms with Crippen molar-refractivity contribution in [1.82, 2.24) is 10.3 Å². The van der Waals surface area contributed by atoms with Gasteiger partial charge in [0.05, 0.1) is 17.2 Å². The van der Waals surface area contributed by atoms with Crippen LogP contribution in [0, 0.1) is 0 Å². The van der Waals surface area contributed by atoms with Crippen LogP contribution in [-0.2, 0) is 0 Å². The van der Waals surface area contributed by atoms with E-state index in [2.05, 4.69) is 10.2 Å². The van der Waals surface area contributed by atoms with Crippen LogP contribution in [0.15, 0.2) is 54.6 Å². The summed E-state index contributed by atoms with van der Waals surface area (Å²) in [7, 11) is 0. The number of nitrogens with one attached hydrogen (secondary N) is 1. The Morgan fingerprint density at radius 2 is 1.86 bits per heavy atom. The lowest BCUT2D eigenvalue weighted by molar-refractivity contribution is 0.0916. The zero-order chi connectivity index (χ0) is 19.5. The fraction of sp³-hybridized carbons (Fsp3) is 0.273. The zero-order valence-corrected chi connectivity index (χ0v) is 16.2. The van der Waals surface area contributed by atoms with Gasteiger partial charge in [0.25, 0.3) is 5.91 Å². The van der Waals surface area contributed by atoms with Gasteiger partial charge in [-0.3, -0.25) is 4.79 Å². The number of hydrogen-bond acceptors (Lipinski definition) is 4. The summed E-state index contributed by atoms with van der Waals surface area (Å²) < 4.78 is 0. The number of aliphatic hydroxyl groups excluding tert-OH is 1. The van der Waals surface area contributed by atoms with E-state index >= 15 is 0 Å². The highest BCUT2D eigenvalue weighted by Crippen LogP contribution is 2.26. The van der Waals surface area contributed by atoms with Gasteiger partial charge < -0.3 is 15.3 Å². The predicted molar refractivity (Wildman–Crippen MR) is 112 cm³/mol. The van der Waals surface area contributed by atoms with E-state index in [9.17, 15) is 9.90 Å². The van der Waals surface area contributed by atoms with Crippen LogP contribution in [0.1, 0.15) is 34.9 Å². The molecule has 0 radical (unpaired) electrons. The highest BCUT2D eigenvalue weighted by atomic mass is 35.5. The lowest BCUT2D eigenvalue weighted by Crippen LogP contribution is -2.31. The SMILES string of the molecule is O=C(NCC(O)c1ccc(Cl)cc1)c1cc2ccccc2nc1N1CCCC1. The van der Waals surface area contributed by atoms with Crippen LogP contribution in [0.3, 0.4) is 0 Å². The standard InChI is InChI=1S/C22H22ClN3O2/c23-17-9-7-15(8-10-17)20(27)14-24-22(28)18-13-16-5-1-2-6-19(16)25-21(18)26-11-3-4-12-26/h1-2,5-10,13,20,27H,3-4,11-12,14H2,(H,24,28). The number of amides is 1. The summed E-state index contributed by atoms with van der Waals surface area (Å²) in [5, 5.41) is 14.8. The number of aliphatic hydroxyl groups is 1. The summed E-state index contributed by atoms with van der Waals surface area (Å²) in [5.41, 5.74) is 2.13. The first-order valence-electron chi connectivity index (χ1n) is 9.48. The molecule has 28 heavy (non-hydrogen) atoms. The summed E-state index contributed by atoms with van der Waals surface area (Å²) in [6.45, 7) is 1.92. The number of anilines is 1. The van der Waals surface area contributed by atoms with Gasteiger partial charge in [0.1, 0.15) is 5.82 Å². The van der Waals surface area contributed by atoms with E-state index in [4.69, 9.17) is 16.6 Å². The number of hydrogen-bond donors (Lipinski definition) is 2. The molecule has 1 atom stereocenters. The van der Waals surface area contributed by atoms with Gasteiger partial charge in [0.15, 0.2) is 0 Å². The normalized spacial score (nSPS) is 15.0. The third-order valence-electron chi connectivity index (χ3n) is 5.06. The first kappa shape index (κ1) is 18.7. The highest BCUT2D eigenvalue weighted by molar-refractivity contribution is 6.30. The molecule has 4 rings (SSSR count). The Bertz CT molecular complexity index is 985. The molecule has 1 aliphatic heterocycles. The largest absolute Gasteiger partial charge is 0.387 e. The van der Waals surface area contributed by atoms with Crippen LogP contribution in [-0.4, -0.2) is 35.6 Å². The molecule has 6 heteroatoms. The van der Waals surface area contributed by atoms with E-state index in [-0.39, 0.29) is 12.5 Å². The number of carbonyl (C=O) groups is 1. The molecular formula is C22H22ClN3O2. The van der Waals surface area contributed by atoms with Gasteiger partial charge in [-0.25, -0.2) is 4.98 Å². The second kappa shape index (κ2) is 8.17. The maximum absolute atomic E-state index is 12.9. The molecule has 0 spiro atoms. The van der Waals surface area contributed by atoms with Gasteiger partial charge in [-0.05, 0) is 42.7 Å². The molecule has 5 nitrogen and oxygen atoms in total. The van der Waals surface area contributed by atoms with Crippen molar-refractivity contribution < 1.29 is 9.90 Å². The molecule has 0 aliphatic carbocycles. The summed E-state index contributed by atoms with van der Waals surface area (Å²) in [4.78, 5) is 19.9.